The molecule has 0 aliphatic heterocycles. The Labute approximate surface area is 103 Å². The fraction of sp³-hybridized carbons (Fsp3) is 0. The van der Waals surface area contributed by atoms with Gasteiger partial charge in [-0.05, 0) is 24.3 Å². The summed E-state index contributed by atoms with van der Waals surface area (Å²) in [4.78, 5) is 2.95. The molecule has 0 spiro atoms. The van der Waals surface area contributed by atoms with Crippen LogP contribution in [0.1, 0.15) is 0 Å². The smallest absolute Gasteiger partial charge is 0.294 e. The first-order valence-corrected chi connectivity index (χ1v) is 6.67. The van der Waals surface area contributed by atoms with Crippen molar-refractivity contribution in [1.29, 1.82) is 0 Å². The van der Waals surface area contributed by atoms with E-state index in [1.54, 1.807) is 18.2 Å². The van der Waals surface area contributed by atoms with Crippen LogP contribution in [0.5, 0.6) is 0 Å². The van der Waals surface area contributed by atoms with Crippen molar-refractivity contribution in [2.75, 3.05) is 5.73 Å². The molecule has 4 N–H and O–H groups in total. The molecule has 0 bridgehead atoms. The summed E-state index contributed by atoms with van der Waals surface area (Å²) in [5.41, 5.74) is 7.79. The van der Waals surface area contributed by atoms with E-state index in [1.807, 2.05) is 6.07 Å². The first-order chi connectivity index (χ1) is 8.45. The lowest BCUT2D eigenvalue weighted by atomic mass is 10.1. The number of nitrogens with two attached hydrogens (primary N) is 1. The van der Waals surface area contributed by atoms with Gasteiger partial charge < -0.3 is 10.7 Å². The van der Waals surface area contributed by atoms with E-state index in [0.717, 1.165) is 16.3 Å². The Bertz CT molecular complexity index is 866. The van der Waals surface area contributed by atoms with Gasteiger partial charge >= 0.3 is 0 Å². The van der Waals surface area contributed by atoms with E-state index in [-0.39, 0.29) is 4.90 Å². The van der Waals surface area contributed by atoms with Crippen LogP contribution in [0.3, 0.4) is 0 Å². The van der Waals surface area contributed by atoms with Crippen LogP contribution in [0.2, 0.25) is 0 Å². The first-order valence-electron chi connectivity index (χ1n) is 5.23. The summed E-state index contributed by atoms with van der Waals surface area (Å²) in [5, 5.41) is 1.85. The van der Waals surface area contributed by atoms with Crippen molar-refractivity contribution in [2.24, 2.45) is 0 Å². The number of nitrogens with one attached hydrogen (secondary N) is 1. The number of hydrogen-bond donors (Lipinski definition) is 3. The Morgan fingerprint density at radius 1 is 1.00 bits per heavy atom. The molecule has 1 aromatic heterocycles. The molecule has 0 radical (unpaired) electrons. The monoisotopic (exact) mass is 262 g/mol. The minimum atomic E-state index is -4.18. The highest BCUT2D eigenvalue weighted by Gasteiger charge is 2.12. The van der Waals surface area contributed by atoms with Crippen molar-refractivity contribution in [3.05, 3.63) is 36.4 Å². The fourth-order valence-electron chi connectivity index (χ4n) is 2.07. The number of nitrogen functional groups attached to an aromatic ring is 1. The Kier molecular flexibility index (Phi) is 2.13. The SMILES string of the molecule is Nc1ccc2c(c1)[nH]c1cc(S(=O)(=O)O)ccc12. The summed E-state index contributed by atoms with van der Waals surface area (Å²) >= 11 is 0. The quantitative estimate of drug-likeness (QED) is 0.462. The Balaban J connectivity index is 2.40. The van der Waals surface area contributed by atoms with E-state index in [4.69, 9.17) is 10.3 Å². The summed E-state index contributed by atoms with van der Waals surface area (Å²) in [5.74, 6) is 0. The number of fused-ring (bicyclic) bond motifs is 3. The first kappa shape index (κ1) is 11.1. The van der Waals surface area contributed by atoms with Crippen molar-refractivity contribution < 1.29 is 13.0 Å². The average molecular weight is 262 g/mol. The second-order valence-corrected chi connectivity index (χ2v) is 5.53. The standard InChI is InChI=1S/C12H10N2O3S/c13-7-1-3-9-10-4-2-8(18(15,16)17)6-12(10)14-11(9)5-7/h1-6,14H,13H2,(H,15,16,17). The molecule has 6 heteroatoms. The lowest BCUT2D eigenvalue weighted by Gasteiger charge is -1.96. The van der Waals surface area contributed by atoms with Crippen LogP contribution in [0, 0.1) is 0 Å². The third-order valence-corrected chi connectivity index (χ3v) is 3.74. The Hall–Kier alpha value is -2.05. The molecule has 1 heterocycles. The van der Waals surface area contributed by atoms with Gasteiger partial charge in [0.25, 0.3) is 10.1 Å². The zero-order chi connectivity index (χ0) is 12.9. The highest BCUT2D eigenvalue weighted by Crippen LogP contribution is 2.28. The highest BCUT2D eigenvalue weighted by atomic mass is 32.2. The summed E-state index contributed by atoms with van der Waals surface area (Å²) in [6, 6.07) is 9.88. The van der Waals surface area contributed by atoms with Gasteiger partial charge in [0.1, 0.15) is 0 Å². The number of aromatic nitrogens is 1. The van der Waals surface area contributed by atoms with E-state index in [0.29, 0.717) is 11.2 Å². The maximum absolute atomic E-state index is 11.1. The molecule has 18 heavy (non-hydrogen) atoms. The molecular formula is C12H10N2O3S. The third-order valence-electron chi connectivity index (χ3n) is 2.89. The van der Waals surface area contributed by atoms with Gasteiger partial charge in [-0.15, -0.1) is 0 Å². The molecule has 0 aliphatic carbocycles. The van der Waals surface area contributed by atoms with Crippen LogP contribution >= 0.6 is 0 Å². The van der Waals surface area contributed by atoms with Crippen molar-refractivity contribution in [3.63, 3.8) is 0 Å². The van der Waals surface area contributed by atoms with Crippen LogP contribution < -0.4 is 5.73 Å². The van der Waals surface area contributed by atoms with E-state index >= 15 is 0 Å². The predicted octanol–water partition coefficient (Wildman–Crippen LogP) is 2.15. The molecule has 2 aromatic carbocycles. The molecule has 0 amide bonds. The lowest BCUT2D eigenvalue weighted by Crippen LogP contribution is -1.97. The average Bonchev–Trinajstić information content (AvgIpc) is 2.63. The maximum Gasteiger partial charge on any atom is 0.294 e. The van der Waals surface area contributed by atoms with Gasteiger partial charge in [-0.1, -0.05) is 12.1 Å². The Morgan fingerprint density at radius 2 is 1.61 bits per heavy atom. The molecule has 3 aromatic rings. The van der Waals surface area contributed by atoms with Crippen LogP contribution in [0.15, 0.2) is 41.3 Å². The van der Waals surface area contributed by atoms with Crippen LogP contribution in [-0.2, 0) is 10.1 Å². The van der Waals surface area contributed by atoms with Gasteiger partial charge in [0.15, 0.2) is 0 Å². The number of rotatable bonds is 1. The van der Waals surface area contributed by atoms with Crippen molar-refractivity contribution in [3.8, 4) is 0 Å². The zero-order valence-corrected chi connectivity index (χ0v) is 10.0. The third kappa shape index (κ3) is 1.62. The summed E-state index contributed by atoms with van der Waals surface area (Å²) in [6.07, 6.45) is 0. The van der Waals surface area contributed by atoms with Gasteiger partial charge in [0.2, 0.25) is 0 Å². The number of hydrogen-bond acceptors (Lipinski definition) is 3. The van der Waals surface area contributed by atoms with Gasteiger partial charge in [0, 0.05) is 27.5 Å². The zero-order valence-electron chi connectivity index (χ0n) is 9.21. The number of aromatic amines is 1. The minimum absolute atomic E-state index is 0.130. The number of anilines is 1. The summed E-state index contributed by atoms with van der Waals surface area (Å²) in [7, 11) is -4.18. The summed E-state index contributed by atoms with van der Waals surface area (Å²) < 4.78 is 31.1. The van der Waals surface area contributed by atoms with Gasteiger partial charge in [-0.2, -0.15) is 8.42 Å². The van der Waals surface area contributed by atoms with Crippen molar-refractivity contribution >= 4 is 37.6 Å². The second-order valence-electron chi connectivity index (χ2n) is 4.11. The molecular weight excluding hydrogens is 252 g/mol. The molecule has 0 unspecified atom stereocenters. The number of benzene rings is 2. The second kappa shape index (κ2) is 3.47. The van der Waals surface area contributed by atoms with Crippen molar-refractivity contribution in [2.45, 2.75) is 4.90 Å². The lowest BCUT2D eigenvalue weighted by molar-refractivity contribution is 0.483. The maximum atomic E-state index is 11.1. The highest BCUT2D eigenvalue weighted by molar-refractivity contribution is 7.85. The van der Waals surface area contributed by atoms with Crippen LogP contribution in [0.25, 0.3) is 21.8 Å². The molecule has 0 saturated heterocycles. The molecule has 3 rings (SSSR count). The fourth-order valence-corrected chi connectivity index (χ4v) is 2.57. The molecule has 0 fully saturated rings. The predicted molar refractivity (Wildman–Crippen MR) is 70.0 cm³/mol. The van der Waals surface area contributed by atoms with E-state index < -0.39 is 10.1 Å². The van der Waals surface area contributed by atoms with Gasteiger partial charge in [-0.25, -0.2) is 0 Å². The van der Waals surface area contributed by atoms with E-state index in [2.05, 4.69) is 4.98 Å². The van der Waals surface area contributed by atoms with Crippen LogP contribution in [-0.4, -0.2) is 18.0 Å². The largest absolute Gasteiger partial charge is 0.399 e. The van der Waals surface area contributed by atoms with E-state index in [1.165, 1.54) is 12.1 Å². The summed E-state index contributed by atoms with van der Waals surface area (Å²) in [6.45, 7) is 0. The Morgan fingerprint density at radius 3 is 2.28 bits per heavy atom. The molecule has 5 nitrogen and oxygen atoms in total. The van der Waals surface area contributed by atoms with Gasteiger partial charge in [0.05, 0.1) is 4.90 Å². The number of H-pyrrole nitrogens is 1. The molecule has 0 atom stereocenters. The van der Waals surface area contributed by atoms with Crippen LogP contribution in [0.4, 0.5) is 5.69 Å². The van der Waals surface area contributed by atoms with E-state index in [9.17, 15) is 8.42 Å². The minimum Gasteiger partial charge on any atom is -0.399 e. The topological polar surface area (TPSA) is 96.2 Å². The molecule has 0 saturated carbocycles. The van der Waals surface area contributed by atoms with Gasteiger partial charge in [-0.3, -0.25) is 4.55 Å². The van der Waals surface area contributed by atoms with Crippen molar-refractivity contribution in [1.82, 2.24) is 4.98 Å². The normalized spacial score (nSPS) is 12.3. The molecule has 0 aliphatic rings. The molecule has 92 valence electrons.